The van der Waals surface area contributed by atoms with Crippen LogP contribution in [-0.4, -0.2) is 50.9 Å². The Hall–Kier alpha value is 0.570. The molecular weight excluding hydrogens is 303 g/mol. The third-order valence-corrected chi connectivity index (χ3v) is 4.24. The van der Waals surface area contributed by atoms with Gasteiger partial charge in [0.1, 0.15) is 0 Å². The standard InChI is InChI=1S/C14H27.Na.H2O4S.H2O/c1-3-5-7-9-11-13-14-12-10-8-6-4-2;;1-5(2,3)4;/h3H,4,6-14H2,1-2H3;;(H2,1,2,3,4);1H2. The van der Waals surface area contributed by atoms with Crippen LogP contribution in [0.3, 0.4) is 0 Å². The van der Waals surface area contributed by atoms with Crippen molar-refractivity contribution in [2.75, 3.05) is 0 Å². The molecule has 0 rings (SSSR count). The number of unbranched alkanes of at least 4 members (excludes halogenated alkanes) is 8. The van der Waals surface area contributed by atoms with Gasteiger partial charge in [0.2, 0.25) is 0 Å². The molecule has 0 radical (unpaired) electrons. The average molecular weight is 334 g/mol. The fourth-order valence-corrected chi connectivity index (χ4v) is 2.21. The van der Waals surface area contributed by atoms with E-state index in [1.165, 1.54) is 92.1 Å². The Morgan fingerprint density at radius 3 is 1.62 bits per heavy atom. The van der Waals surface area contributed by atoms with Gasteiger partial charge in [-0.25, -0.2) is 0 Å². The molecule has 124 valence electrons. The number of rotatable bonds is 10. The molecule has 0 aromatic carbocycles. The van der Waals surface area contributed by atoms with Crippen LogP contribution in [-0.2, 0) is 10.4 Å². The van der Waals surface area contributed by atoms with Crippen molar-refractivity contribution >= 4 is 38.3 Å². The topological polar surface area (TPSA) is 106 Å². The predicted octanol–water partition coefficient (Wildman–Crippen LogP) is 3.50. The van der Waals surface area contributed by atoms with Gasteiger partial charge in [0.15, 0.2) is 0 Å². The third kappa shape index (κ3) is 38.5. The summed E-state index contributed by atoms with van der Waals surface area (Å²) in [4.78, 5) is 0. The fraction of sp³-hybridized carbons (Fsp3) is 0.857. The van der Waals surface area contributed by atoms with Gasteiger partial charge in [0.25, 0.3) is 0 Å². The smallest absolute Gasteiger partial charge is 0.412 e. The molecule has 4 N–H and O–H groups in total. The molecular formula is C14H31NaO5S. The van der Waals surface area contributed by atoms with E-state index in [0.717, 1.165) is 0 Å². The van der Waals surface area contributed by atoms with E-state index in [-0.39, 0.29) is 5.48 Å². The van der Waals surface area contributed by atoms with Crippen molar-refractivity contribution in [1.82, 2.24) is 0 Å². The third-order valence-electron chi connectivity index (χ3n) is 3.17. The van der Waals surface area contributed by atoms with Crippen LogP contribution >= 0.6 is 0 Å². The van der Waals surface area contributed by atoms with Gasteiger partial charge in [-0.2, -0.15) is 8.42 Å². The van der Waals surface area contributed by atoms with E-state index in [1.54, 1.807) is 2.82 Å². The molecule has 7 heteroatoms. The summed E-state index contributed by atoms with van der Waals surface area (Å²) in [6, 6.07) is 0. The first-order chi connectivity index (χ1) is 9.31. The Labute approximate surface area is 147 Å². The van der Waals surface area contributed by atoms with E-state index in [0.29, 0.717) is 0 Å². The molecule has 0 aromatic rings. The summed E-state index contributed by atoms with van der Waals surface area (Å²) in [5, 5.41) is 0. The van der Waals surface area contributed by atoms with Gasteiger partial charge < -0.3 is 5.48 Å². The van der Waals surface area contributed by atoms with Gasteiger partial charge in [-0.3, -0.25) is 9.11 Å². The van der Waals surface area contributed by atoms with Crippen LogP contribution in [0.2, 0.25) is 0 Å². The molecule has 0 bridgehead atoms. The van der Waals surface area contributed by atoms with E-state index in [4.69, 9.17) is 17.5 Å². The average Bonchev–Trinajstić information content (AvgIpc) is 2.34. The van der Waals surface area contributed by atoms with E-state index in [2.05, 4.69) is 19.9 Å². The predicted molar refractivity (Wildman–Crippen MR) is 89.1 cm³/mol. The molecule has 0 aliphatic carbocycles. The summed E-state index contributed by atoms with van der Waals surface area (Å²) in [6.07, 6.45) is 16.7. The first-order valence-corrected chi connectivity index (χ1v) is 10.0. The van der Waals surface area contributed by atoms with Crippen molar-refractivity contribution < 1.29 is 23.0 Å². The molecule has 0 unspecified atom stereocenters. The Kier molecular flexibility index (Phi) is 23.5. The van der Waals surface area contributed by atoms with Crippen LogP contribution in [0.5, 0.6) is 0 Å². The van der Waals surface area contributed by atoms with Crippen molar-refractivity contribution in [3.8, 4) is 0 Å². The molecule has 0 fully saturated rings. The Balaban J connectivity index is -0.000000465. The zero-order chi connectivity index (χ0) is 15.9. The van der Waals surface area contributed by atoms with Gasteiger partial charge in [0, 0.05) is 0 Å². The second kappa shape index (κ2) is 18.6. The fourth-order valence-electron chi connectivity index (χ4n) is 1.86. The molecule has 0 saturated heterocycles. The first kappa shape index (κ1) is 26.5. The van der Waals surface area contributed by atoms with Crippen LogP contribution in [0.1, 0.15) is 78.1 Å². The van der Waals surface area contributed by atoms with E-state index < -0.39 is 10.4 Å². The summed E-state index contributed by atoms with van der Waals surface area (Å²) in [6.45, 7) is 4.46. The minimum atomic E-state index is -4.67. The molecule has 21 heavy (non-hydrogen) atoms. The normalized spacial score (nSPS) is 11.4. The van der Waals surface area contributed by atoms with Crippen molar-refractivity contribution in [3.05, 3.63) is 8.90 Å². The van der Waals surface area contributed by atoms with Crippen molar-refractivity contribution in [2.24, 2.45) is 0 Å². The molecule has 0 aliphatic heterocycles. The zero-order valence-electron chi connectivity index (χ0n) is 13.8. The summed E-state index contributed by atoms with van der Waals surface area (Å²) in [7, 11) is -4.67. The maximum absolute atomic E-state index is 8.74. The quantitative estimate of drug-likeness (QED) is 0.362. The van der Waals surface area contributed by atoms with E-state index in [9.17, 15) is 0 Å². The Morgan fingerprint density at radius 2 is 1.29 bits per heavy atom. The van der Waals surface area contributed by atoms with Crippen LogP contribution in [0.25, 0.3) is 0 Å². The second-order valence-corrected chi connectivity index (χ2v) is 7.34. The summed E-state index contributed by atoms with van der Waals surface area (Å²) in [5.41, 5.74) is 0. The molecule has 0 amide bonds. The molecule has 0 aromatic heterocycles. The van der Waals surface area contributed by atoms with Crippen LogP contribution in [0.15, 0.2) is 8.90 Å². The first-order valence-electron chi connectivity index (χ1n) is 7.63. The van der Waals surface area contributed by atoms with Crippen LogP contribution in [0.4, 0.5) is 0 Å². The minimum absolute atomic E-state index is 0. The van der Waals surface area contributed by atoms with Crippen molar-refractivity contribution in [1.29, 1.82) is 0 Å². The summed E-state index contributed by atoms with van der Waals surface area (Å²) >= 11 is 1.27. The summed E-state index contributed by atoms with van der Waals surface area (Å²) in [5.74, 6) is 0. The van der Waals surface area contributed by atoms with E-state index in [1.807, 2.05) is 0 Å². The van der Waals surface area contributed by atoms with Gasteiger partial charge in [0.05, 0.1) is 0 Å². The molecule has 0 spiro atoms. The molecule has 0 saturated carbocycles. The van der Waals surface area contributed by atoms with Crippen LogP contribution in [0, 0.1) is 0 Å². The molecule has 5 nitrogen and oxygen atoms in total. The molecule has 0 atom stereocenters. The van der Waals surface area contributed by atoms with E-state index >= 15 is 0 Å². The van der Waals surface area contributed by atoms with Gasteiger partial charge >= 0.3 is 125 Å². The number of hydrogen-bond acceptors (Lipinski definition) is 2. The minimum Gasteiger partial charge on any atom is -0.412 e. The van der Waals surface area contributed by atoms with Gasteiger partial charge in [-0.15, -0.1) is 0 Å². The number of allylic oxidation sites excluding steroid dienone is 2. The van der Waals surface area contributed by atoms with Crippen molar-refractivity contribution in [3.63, 3.8) is 0 Å². The Morgan fingerprint density at radius 1 is 0.952 bits per heavy atom. The zero-order valence-corrected chi connectivity index (χ0v) is 16.6. The van der Waals surface area contributed by atoms with Crippen molar-refractivity contribution in [2.45, 2.75) is 78.1 Å². The van der Waals surface area contributed by atoms with Gasteiger partial charge in [-0.05, 0) is 0 Å². The molecule has 0 heterocycles. The van der Waals surface area contributed by atoms with Gasteiger partial charge in [-0.1, -0.05) is 0 Å². The monoisotopic (exact) mass is 334 g/mol. The maximum atomic E-state index is 8.74. The molecule has 0 aliphatic rings. The van der Waals surface area contributed by atoms with Crippen LogP contribution < -0.4 is 0 Å². The summed E-state index contributed by atoms with van der Waals surface area (Å²) < 4.78 is 33.3. The number of hydrogen-bond donors (Lipinski definition) is 2. The second-order valence-electron chi connectivity index (χ2n) is 5.16. The SMILES string of the molecule is CC=[C]([Na])CCCCCCCCCCC.O.O=S(=O)(O)O. The Bertz CT molecular complexity index is 320.